The van der Waals surface area contributed by atoms with Crippen molar-refractivity contribution >= 4 is 5.91 Å². The Labute approximate surface area is 116 Å². The molecule has 6 nitrogen and oxygen atoms in total. The molecule has 2 aromatic rings. The second-order valence-corrected chi connectivity index (χ2v) is 4.81. The first-order chi connectivity index (χ1) is 9.74. The highest BCUT2D eigenvalue weighted by Crippen LogP contribution is 2.23. The summed E-state index contributed by atoms with van der Waals surface area (Å²) >= 11 is 0. The summed E-state index contributed by atoms with van der Waals surface area (Å²) in [7, 11) is 0. The van der Waals surface area contributed by atoms with Crippen molar-refractivity contribution in [2.45, 2.75) is 13.0 Å². The van der Waals surface area contributed by atoms with E-state index in [1.165, 1.54) is 0 Å². The van der Waals surface area contributed by atoms with Crippen LogP contribution in [0.2, 0.25) is 0 Å². The molecule has 3 rings (SSSR count). The second-order valence-electron chi connectivity index (χ2n) is 4.81. The number of carbonyl (C=O) groups excluding carboxylic acids is 1. The van der Waals surface area contributed by atoms with Gasteiger partial charge in [0.05, 0.1) is 12.6 Å². The lowest BCUT2D eigenvalue weighted by atomic mass is 10.2. The number of amides is 1. The minimum absolute atomic E-state index is 0.0332. The largest absolute Gasteiger partial charge is 0.419 e. The highest BCUT2D eigenvalue weighted by Gasteiger charge is 2.26. The topological polar surface area (TPSA) is 71.3 Å². The maximum Gasteiger partial charge on any atom is 0.247 e. The summed E-state index contributed by atoms with van der Waals surface area (Å²) in [4.78, 5) is 13.4. The zero-order chi connectivity index (χ0) is 13.9. The van der Waals surface area contributed by atoms with E-state index in [1.807, 2.05) is 42.2 Å². The van der Waals surface area contributed by atoms with Gasteiger partial charge in [-0.2, -0.15) is 0 Å². The SMILES string of the molecule is C[C@H](c1nnc(-c2ccccc2)o1)N1CCNC(=O)C1. The van der Waals surface area contributed by atoms with Crippen LogP contribution in [0.25, 0.3) is 11.5 Å². The molecular formula is C14H16N4O2. The summed E-state index contributed by atoms with van der Waals surface area (Å²) in [5.74, 6) is 1.08. The van der Waals surface area contributed by atoms with Crippen molar-refractivity contribution in [2.24, 2.45) is 0 Å². The van der Waals surface area contributed by atoms with Gasteiger partial charge in [-0.3, -0.25) is 9.69 Å². The monoisotopic (exact) mass is 272 g/mol. The third-order valence-corrected chi connectivity index (χ3v) is 3.43. The first-order valence-electron chi connectivity index (χ1n) is 6.63. The van der Waals surface area contributed by atoms with Crippen molar-refractivity contribution in [3.05, 3.63) is 36.2 Å². The molecule has 1 aliphatic heterocycles. The summed E-state index contributed by atoms with van der Waals surface area (Å²) in [5.41, 5.74) is 0.898. The van der Waals surface area contributed by atoms with Crippen molar-refractivity contribution < 1.29 is 9.21 Å². The van der Waals surface area contributed by atoms with E-state index in [0.717, 1.165) is 12.1 Å². The van der Waals surface area contributed by atoms with Crippen molar-refractivity contribution in [2.75, 3.05) is 19.6 Å². The van der Waals surface area contributed by atoms with Crippen molar-refractivity contribution in [3.63, 3.8) is 0 Å². The molecule has 1 aromatic carbocycles. The molecule has 0 radical (unpaired) electrons. The molecule has 0 spiro atoms. The van der Waals surface area contributed by atoms with Crippen LogP contribution in [0.5, 0.6) is 0 Å². The number of hydrogen-bond donors (Lipinski definition) is 1. The molecular weight excluding hydrogens is 256 g/mol. The molecule has 1 aromatic heterocycles. The molecule has 1 atom stereocenters. The third kappa shape index (κ3) is 2.55. The lowest BCUT2D eigenvalue weighted by Gasteiger charge is -2.29. The van der Waals surface area contributed by atoms with Crippen molar-refractivity contribution in [1.82, 2.24) is 20.4 Å². The maximum absolute atomic E-state index is 11.4. The summed E-state index contributed by atoms with van der Waals surface area (Å²) in [6.45, 7) is 3.78. The van der Waals surface area contributed by atoms with Gasteiger partial charge in [-0.05, 0) is 19.1 Å². The van der Waals surface area contributed by atoms with Gasteiger partial charge in [-0.15, -0.1) is 10.2 Å². The number of benzene rings is 1. The van der Waals surface area contributed by atoms with E-state index >= 15 is 0 Å². The Morgan fingerprint density at radius 2 is 2.10 bits per heavy atom. The Morgan fingerprint density at radius 3 is 2.85 bits per heavy atom. The number of rotatable bonds is 3. The minimum Gasteiger partial charge on any atom is -0.419 e. The zero-order valence-corrected chi connectivity index (χ0v) is 11.2. The number of nitrogens with zero attached hydrogens (tertiary/aromatic N) is 3. The van der Waals surface area contributed by atoms with Gasteiger partial charge in [-0.25, -0.2) is 0 Å². The highest BCUT2D eigenvalue weighted by atomic mass is 16.4. The standard InChI is InChI=1S/C14H16N4O2/c1-10(18-8-7-15-12(19)9-18)13-16-17-14(20-13)11-5-3-2-4-6-11/h2-6,10H,7-9H2,1H3,(H,15,19)/t10-/m1/s1. The van der Waals surface area contributed by atoms with Crippen LogP contribution < -0.4 is 5.32 Å². The van der Waals surface area contributed by atoms with E-state index in [1.54, 1.807) is 0 Å². The molecule has 1 N–H and O–H groups in total. The number of hydrogen-bond acceptors (Lipinski definition) is 5. The van der Waals surface area contributed by atoms with E-state index in [9.17, 15) is 4.79 Å². The molecule has 1 amide bonds. The summed E-state index contributed by atoms with van der Waals surface area (Å²) < 4.78 is 5.72. The van der Waals surface area contributed by atoms with Crippen LogP contribution in [-0.2, 0) is 4.79 Å². The summed E-state index contributed by atoms with van der Waals surface area (Å²) in [5, 5.41) is 11.0. The smallest absolute Gasteiger partial charge is 0.247 e. The molecule has 0 unspecified atom stereocenters. The lowest BCUT2D eigenvalue weighted by Crippen LogP contribution is -2.48. The Kier molecular flexibility index (Phi) is 3.47. The van der Waals surface area contributed by atoms with Gasteiger partial charge in [0.1, 0.15) is 0 Å². The Hall–Kier alpha value is -2.21. The normalized spacial score (nSPS) is 17.8. The molecule has 1 saturated heterocycles. The van der Waals surface area contributed by atoms with Crippen LogP contribution in [-0.4, -0.2) is 40.6 Å². The van der Waals surface area contributed by atoms with Gasteiger partial charge >= 0.3 is 0 Å². The molecule has 1 aliphatic rings. The Balaban J connectivity index is 1.78. The number of aromatic nitrogens is 2. The van der Waals surface area contributed by atoms with Crippen LogP contribution >= 0.6 is 0 Å². The van der Waals surface area contributed by atoms with Crippen LogP contribution in [0.3, 0.4) is 0 Å². The maximum atomic E-state index is 11.4. The average molecular weight is 272 g/mol. The first-order valence-corrected chi connectivity index (χ1v) is 6.63. The van der Waals surface area contributed by atoms with Crippen LogP contribution in [0.15, 0.2) is 34.7 Å². The van der Waals surface area contributed by atoms with Crippen molar-refractivity contribution in [3.8, 4) is 11.5 Å². The molecule has 0 bridgehead atoms. The Morgan fingerprint density at radius 1 is 1.30 bits per heavy atom. The molecule has 20 heavy (non-hydrogen) atoms. The molecule has 104 valence electrons. The van der Waals surface area contributed by atoms with E-state index in [2.05, 4.69) is 15.5 Å². The fraction of sp³-hybridized carbons (Fsp3) is 0.357. The quantitative estimate of drug-likeness (QED) is 0.910. The summed E-state index contributed by atoms with van der Waals surface area (Å²) in [6, 6.07) is 9.59. The fourth-order valence-electron chi connectivity index (χ4n) is 2.25. The molecule has 1 fully saturated rings. The van der Waals surface area contributed by atoms with E-state index in [0.29, 0.717) is 24.9 Å². The van der Waals surface area contributed by atoms with Gasteiger partial charge in [0.2, 0.25) is 17.7 Å². The Bertz CT molecular complexity index is 596. The summed E-state index contributed by atoms with van der Waals surface area (Å²) in [6.07, 6.45) is 0. The number of carbonyl (C=O) groups is 1. The van der Waals surface area contributed by atoms with Gasteiger partial charge in [0.15, 0.2) is 0 Å². The van der Waals surface area contributed by atoms with Crippen LogP contribution in [0, 0.1) is 0 Å². The fourth-order valence-corrected chi connectivity index (χ4v) is 2.25. The highest BCUT2D eigenvalue weighted by molar-refractivity contribution is 5.78. The van der Waals surface area contributed by atoms with Crippen LogP contribution in [0.1, 0.15) is 18.9 Å². The van der Waals surface area contributed by atoms with E-state index in [-0.39, 0.29) is 11.9 Å². The molecule has 0 saturated carbocycles. The lowest BCUT2D eigenvalue weighted by molar-refractivity contribution is -0.124. The van der Waals surface area contributed by atoms with Gasteiger partial charge in [0.25, 0.3) is 0 Å². The minimum atomic E-state index is -0.0639. The molecule has 0 aliphatic carbocycles. The third-order valence-electron chi connectivity index (χ3n) is 3.43. The number of piperazine rings is 1. The van der Waals surface area contributed by atoms with Gasteiger partial charge < -0.3 is 9.73 Å². The predicted octanol–water partition coefficient (Wildman–Crippen LogP) is 1.23. The number of nitrogens with one attached hydrogen (secondary N) is 1. The second kappa shape index (κ2) is 5.42. The first kappa shape index (κ1) is 12.8. The van der Waals surface area contributed by atoms with E-state index in [4.69, 9.17) is 4.42 Å². The van der Waals surface area contributed by atoms with Gasteiger partial charge in [-0.1, -0.05) is 18.2 Å². The zero-order valence-electron chi connectivity index (χ0n) is 11.2. The molecule has 2 heterocycles. The van der Waals surface area contributed by atoms with E-state index < -0.39 is 0 Å². The van der Waals surface area contributed by atoms with Crippen LogP contribution in [0.4, 0.5) is 0 Å². The molecule has 6 heteroatoms. The van der Waals surface area contributed by atoms with Gasteiger partial charge in [0, 0.05) is 18.7 Å². The van der Waals surface area contributed by atoms with Crippen molar-refractivity contribution in [1.29, 1.82) is 0 Å². The predicted molar refractivity (Wildman–Crippen MR) is 72.7 cm³/mol. The average Bonchev–Trinajstić information content (AvgIpc) is 2.97.